The van der Waals surface area contributed by atoms with Crippen molar-refractivity contribution in [2.75, 3.05) is 12.8 Å². The van der Waals surface area contributed by atoms with Gasteiger partial charge in [-0.25, -0.2) is 0 Å². The van der Waals surface area contributed by atoms with E-state index in [2.05, 4.69) is 0 Å². The number of carbonyl (C=O) groups excluding carboxylic acids is 1. The van der Waals surface area contributed by atoms with E-state index in [-0.39, 0.29) is 21.5 Å². The van der Waals surface area contributed by atoms with Gasteiger partial charge in [0.15, 0.2) is 5.78 Å². The molecule has 2 rings (SSSR count). The van der Waals surface area contributed by atoms with Crippen LogP contribution in [0.2, 0.25) is 10.0 Å². The second kappa shape index (κ2) is 5.96. The van der Waals surface area contributed by atoms with Gasteiger partial charge in [0.2, 0.25) is 0 Å². The van der Waals surface area contributed by atoms with E-state index < -0.39 is 0 Å². The topological polar surface area (TPSA) is 52.3 Å². The van der Waals surface area contributed by atoms with Gasteiger partial charge in [0.1, 0.15) is 5.75 Å². The minimum Gasteiger partial charge on any atom is -0.496 e. The Balaban J connectivity index is 2.58. The molecule has 0 radical (unpaired) electrons. The molecule has 0 fully saturated rings. The number of anilines is 1. The summed E-state index contributed by atoms with van der Waals surface area (Å²) in [7, 11) is 1.54. The summed E-state index contributed by atoms with van der Waals surface area (Å²) in [5, 5.41) is 0.516. The van der Waals surface area contributed by atoms with Crippen molar-refractivity contribution in [1.82, 2.24) is 0 Å². The number of hydrogen-bond donors (Lipinski definition) is 1. The van der Waals surface area contributed by atoms with Crippen LogP contribution in [-0.2, 0) is 0 Å². The first-order valence-corrected chi connectivity index (χ1v) is 7.05. The average molecular weight is 324 g/mol. The maximum Gasteiger partial charge on any atom is 0.196 e. The van der Waals surface area contributed by atoms with E-state index in [0.717, 1.165) is 11.1 Å². The molecule has 2 aromatic rings. The predicted molar refractivity (Wildman–Crippen MR) is 86.8 cm³/mol. The maximum absolute atomic E-state index is 12.7. The highest BCUT2D eigenvalue weighted by Gasteiger charge is 2.19. The molecule has 0 atom stereocenters. The summed E-state index contributed by atoms with van der Waals surface area (Å²) in [6, 6.07) is 6.65. The quantitative estimate of drug-likeness (QED) is 0.671. The van der Waals surface area contributed by atoms with E-state index in [4.69, 9.17) is 33.7 Å². The summed E-state index contributed by atoms with van der Waals surface area (Å²) in [4.78, 5) is 12.7. The van der Waals surface area contributed by atoms with Gasteiger partial charge in [-0.15, -0.1) is 0 Å². The molecular weight excluding hydrogens is 309 g/mol. The van der Waals surface area contributed by atoms with Crippen LogP contribution in [0, 0.1) is 13.8 Å². The number of ether oxygens (including phenoxy) is 1. The highest BCUT2D eigenvalue weighted by molar-refractivity contribution is 6.39. The van der Waals surface area contributed by atoms with Gasteiger partial charge < -0.3 is 10.5 Å². The van der Waals surface area contributed by atoms with Crippen LogP contribution < -0.4 is 10.5 Å². The van der Waals surface area contributed by atoms with E-state index in [0.29, 0.717) is 16.9 Å². The van der Waals surface area contributed by atoms with E-state index in [9.17, 15) is 4.79 Å². The lowest BCUT2D eigenvalue weighted by atomic mass is 9.97. The zero-order valence-corrected chi connectivity index (χ0v) is 13.5. The highest BCUT2D eigenvalue weighted by Crippen LogP contribution is 2.32. The standard InChI is InChI=1S/C16H15Cl2NO2/c1-8-4-5-11(16(21-3)9(8)2)15(20)10-6-12(17)14(19)13(18)7-10/h4-7H,19H2,1-3H3. The molecule has 2 aromatic carbocycles. The molecule has 5 heteroatoms. The molecule has 3 nitrogen and oxygen atoms in total. The molecular formula is C16H15Cl2NO2. The number of nitrogens with two attached hydrogens (primary N) is 1. The molecule has 0 saturated heterocycles. The van der Waals surface area contributed by atoms with Crippen LogP contribution in [0.1, 0.15) is 27.0 Å². The molecule has 0 aliphatic carbocycles. The third-order valence-corrected chi connectivity index (χ3v) is 4.09. The Hall–Kier alpha value is -1.71. The van der Waals surface area contributed by atoms with E-state index in [1.54, 1.807) is 13.2 Å². The normalized spacial score (nSPS) is 10.5. The van der Waals surface area contributed by atoms with E-state index in [1.807, 2.05) is 19.9 Å². The third-order valence-electron chi connectivity index (χ3n) is 3.47. The number of nitrogen functional groups attached to an aromatic ring is 1. The van der Waals surface area contributed by atoms with Gasteiger partial charge in [0.05, 0.1) is 28.4 Å². The van der Waals surface area contributed by atoms with Crippen LogP contribution in [0.15, 0.2) is 24.3 Å². The van der Waals surface area contributed by atoms with Crippen molar-refractivity contribution < 1.29 is 9.53 Å². The van der Waals surface area contributed by atoms with Gasteiger partial charge >= 0.3 is 0 Å². The van der Waals surface area contributed by atoms with E-state index >= 15 is 0 Å². The zero-order valence-electron chi connectivity index (χ0n) is 12.0. The summed E-state index contributed by atoms with van der Waals surface area (Å²) in [6.45, 7) is 3.87. The van der Waals surface area contributed by atoms with Crippen molar-refractivity contribution in [3.8, 4) is 5.75 Å². The molecule has 110 valence electrons. The van der Waals surface area contributed by atoms with Crippen LogP contribution in [0.3, 0.4) is 0 Å². The van der Waals surface area contributed by atoms with Crippen LogP contribution >= 0.6 is 23.2 Å². The number of ketones is 1. The molecule has 0 unspecified atom stereocenters. The van der Waals surface area contributed by atoms with Gasteiger partial charge in [0.25, 0.3) is 0 Å². The Morgan fingerprint density at radius 2 is 1.71 bits per heavy atom. The third kappa shape index (κ3) is 2.85. The molecule has 2 N–H and O–H groups in total. The molecule has 0 aromatic heterocycles. The second-order valence-electron chi connectivity index (χ2n) is 4.77. The molecule has 0 spiro atoms. The van der Waals surface area contributed by atoms with E-state index in [1.165, 1.54) is 12.1 Å². The number of rotatable bonds is 3. The molecule has 0 saturated carbocycles. The fourth-order valence-corrected chi connectivity index (χ4v) is 2.59. The number of methoxy groups -OCH3 is 1. The number of hydrogen-bond acceptors (Lipinski definition) is 3. The Bertz CT molecular complexity index is 703. The smallest absolute Gasteiger partial charge is 0.196 e. The fraction of sp³-hybridized carbons (Fsp3) is 0.188. The molecule has 0 heterocycles. The van der Waals surface area contributed by atoms with Gasteiger partial charge in [-0.2, -0.15) is 0 Å². The first kappa shape index (κ1) is 15.7. The molecule has 0 aliphatic heterocycles. The lowest BCUT2D eigenvalue weighted by Gasteiger charge is -2.13. The van der Waals surface area contributed by atoms with Crippen molar-refractivity contribution in [1.29, 1.82) is 0 Å². The van der Waals surface area contributed by atoms with Crippen molar-refractivity contribution in [3.05, 3.63) is 56.6 Å². The van der Waals surface area contributed by atoms with Gasteiger partial charge in [-0.3, -0.25) is 4.79 Å². The maximum atomic E-state index is 12.7. The Kier molecular flexibility index (Phi) is 4.45. The van der Waals surface area contributed by atoms with Crippen molar-refractivity contribution in [3.63, 3.8) is 0 Å². The summed E-state index contributed by atoms with van der Waals surface area (Å²) in [5.74, 6) is 0.350. The zero-order chi connectivity index (χ0) is 15.7. The van der Waals surface area contributed by atoms with Gasteiger partial charge in [-0.05, 0) is 43.2 Å². The van der Waals surface area contributed by atoms with Crippen molar-refractivity contribution in [2.45, 2.75) is 13.8 Å². The molecule has 0 amide bonds. The van der Waals surface area contributed by atoms with Gasteiger partial charge in [0, 0.05) is 5.56 Å². The minimum atomic E-state index is -0.209. The predicted octanol–water partition coefficient (Wildman–Crippen LogP) is 4.43. The number of halogens is 2. The van der Waals surface area contributed by atoms with Crippen LogP contribution in [0.4, 0.5) is 5.69 Å². The number of carbonyl (C=O) groups is 1. The summed E-state index contributed by atoms with van der Waals surface area (Å²) in [6.07, 6.45) is 0. The van der Waals surface area contributed by atoms with Crippen molar-refractivity contribution in [2.24, 2.45) is 0 Å². The monoisotopic (exact) mass is 323 g/mol. The van der Waals surface area contributed by atoms with Crippen LogP contribution in [0.25, 0.3) is 0 Å². The number of benzene rings is 2. The Labute approximate surface area is 133 Å². The SMILES string of the molecule is COc1c(C(=O)c2cc(Cl)c(N)c(Cl)c2)ccc(C)c1C. The lowest BCUT2D eigenvalue weighted by Crippen LogP contribution is -2.06. The highest BCUT2D eigenvalue weighted by atomic mass is 35.5. The largest absolute Gasteiger partial charge is 0.496 e. The minimum absolute atomic E-state index is 0.209. The number of aryl methyl sites for hydroxylation is 1. The van der Waals surface area contributed by atoms with Crippen molar-refractivity contribution >= 4 is 34.7 Å². The summed E-state index contributed by atoms with van der Waals surface area (Å²) in [5.41, 5.74) is 8.78. The first-order chi connectivity index (χ1) is 9.86. The molecule has 0 aliphatic rings. The van der Waals surface area contributed by atoms with Crippen LogP contribution in [-0.4, -0.2) is 12.9 Å². The summed E-state index contributed by atoms with van der Waals surface area (Å²) >= 11 is 12.0. The average Bonchev–Trinajstić information content (AvgIpc) is 2.46. The fourth-order valence-electron chi connectivity index (χ4n) is 2.10. The summed E-state index contributed by atoms with van der Waals surface area (Å²) < 4.78 is 5.37. The molecule has 21 heavy (non-hydrogen) atoms. The van der Waals surface area contributed by atoms with Gasteiger partial charge in [-0.1, -0.05) is 29.3 Å². The first-order valence-electron chi connectivity index (χ1n) is 6.30. The second-order valence-corrected chi connectivity index (χ2v) is 5.59. The Morgan fingerprint density at radius 3 is 2.24 bits per heavy atom. The molecule has 0 bridgehead atoms. The lowest BCUT2D eigenvalue weighted by molar-refractivity contribution is 0.103. The Morgan fingerprint density at radius 1 is 1.14 bits per heavy atom. The van der Waals surface area contributed by atoms with Crippen LogP contribution in [0.5, 0.6) is 5.75 Å².